The lowest BCUT2D eigenvalue weighted by Gasteiger charge is -2.46. The summed E-state index contributed by atoms with van der Waals surface area (Å²) >= 11 is 1.72. The van der Waals surface area contributed by atoms with Crippen LogP contribution in [-0.2, 0) is 16.6 Å². The van der Waals surface area contributed by atoms with Crippen molar-refractivity contribution in [3.63, 3.8) is 0 Å². The molecule has 1 fully saturated rings. The SMILES string of the molecule is C[C@]12CCC(=O)NC1CCc1cc(Sc3ccc4ccccc4n3)ccc12. The van der Waals surface area contributed by atoms with Gasteiger partial charge in [0, 0.05) is 28.2 Å². The van der Waals surface area contributed by atoms with Gasteiger partial charge in [-0.15, -0.1) is 0 Å². The maximum absolute atomic E-state index is 11.8. The molecule has 1 aromatic heterocycles. The molecule has 2 atom stereocenters. The van der Waals surface area contributed by atoms with Crippen LogP contribution in [0.3, 0.4) is 0 Å². The summed E-state index contributed by atoms with van der Waals surface area (Å²) in [6.45, 7) is 2.31. The van der Waals surface area contributed by atoms with Gasteiger partial charge in [0.15, 0.2) is 0 Å². The molecule has 2 aliphatic rings. The van der Waals surface area contributed by atoms with Crippen molar-refractivity contribution in [1.29, 1.82) is 0 Å². The van der Waals surface area contributed by atoms with Crippen molar-refractivity contribution in [3.8, 4) is 0 Å². The van der Waals surface area contributed by atoms with Crippen molar-refractivity contribution in [1.82, 2.24) is 10.3 Å². The van der Waals surface area contributed by atoms with E-state index >= 15 is 0 Å². The quantitative estimate of drug-likeness (QED) is 0.696. The minimum atomic E-state index is 0.0614. The summed E-state index contributed by atoms with van der Waals surface area (Å²) in [4.78, 5) is 17.8. The molecule has 136 valence electrons. The van der Waals surface area contributed by atoms with Crippen LogP contribution in [0.1, 0.15) is 37.3 Å². The van der Waals surface area contributed by atoms with Crippen LogP contribution in [0.25, 0.3) is 10.9 Å². The molecular formula is C23H22N2OS. The fraction of sp³-hybridized carbons (Fsp3) is 0.304. The Hall–Kier alpha value is -2.33. The number of hydrogen-bond donors (Lipinski definition) is 1. The summed E-state index contributed by atoms with van der Waals surface area (Å²) in [7, 11) is 0. The topological polar surface area (TPSA) is 42.0 Å². The van der Waals surface area contributed by atoms with E-state index in [4.69, 9.17) is 4.98 Å². The van der Waals surface area contributed by atoms with Crippen molar-refractivity contribution < 1.29 is 4.79 Å². The van der Waals surface area contributed by atoms with Crippen LogP contribution in [0.2, 0.25) is 0 Å². The summed E-state index contributed by atoms with van der Waals surface area (Å²) in [6.07, 6.45) is 3.62. The average molecular weight is 375 g/mol. The van der Waals surface area contributed by atoms with Crippen molar-refractivity contribution in [2.45, 2.75) is 54.0 Å². The van der Waals surface area contributed by atoms with E-state index in [-0.39, 0.29) is 17.4 Å². The number of aryl methyl sites for hydroxylation is 1. The van der Waals surface area contributed by atoms with Crippen molar-refractivity contribution in [3.05, 3.63) is 65.7 Å². The van der Waals surface area contributed by atoms with Gasteiger partial charge in [0.1, 0.15) is 5.03 Å². The van der Waals surface area contributed by atoms with Gasteiger partial charge in [-0.05, 0) is 54.7 Å². The van der Waals surface area contributed by atoms with Crippen LogP contribution < -0.4 is 5.32 Å². The number of nitrogens with one attached hydrogen (secondary N) is 1. The second kappa shape index (κ2) is 6.38. The fourth-order valence-electron chi connectivity index (χ4n) is 4.61. The first-order valence-corrected chi connectivity index (χ1v) is 10.4. The van der Waals surface area contributed by atoms with E-state index in [9.17, 15) is 4.79 Å². The first-order valence-electron chi connectivity index (χ1n) is 9.58. The summed E-state index contributed by atoms with van der Waals surface area (Å²) < 4.78 is 0. The molecule has 0 radical (unpaired) electrons. The number of para-hydroxylation sites is 1. The molecule has 1 saturated heterocycles. The van der Waals surface area contributed by atoms with Gasteiger partial charge in [0.05, 0.1) is 5.52 Å². The fourth-order valence-corrected chi connectivity index (χ4v) is 5.47. The summed E-state index contributed by atoms with van der Waals surface area (Å²) in [5.41, 5.74) is 3.94. The molecule has 1 N–H and O–H groups in total. The number of nitrogens with zero attached hydrogens (tertiary/aromatic N) is 1. The van der Waals surface area contributed by atoms with Crippen LogP contribution in [0.15, 0.2) is 64.5 Å². The number of amides is 1. The normalized spacial score (nSPS) is 24.2. The molecule has 1 aliphatic carbocycles. The predicted octanol–water partition coefficient (Wildman–Crippen LogP) is 4.87. The highest BCUT2D eigenvalue weighted by molar-refractivity contribution is 7.99. The number of hydrogen-bond acceptors (Lipinski definition) is 3. The van der Waals surface area contributed by atoms with Gasteiger partial charge in [-0.3, -0.25) is 4.79 Å². The molecule has 3 aromatic rings. The molecule has 2 heterocycles. The zero-order valence-corrected chi connectivity index (χ0v) is 16.2. The molecule has 3 nitrogen and oxygen atoms in total. The lowest BCUT2D eigenvalue weighted by Crippen LogP contribution is -2.55. The van der Waals surface area contributed by atoms with E-state index in [2.05, 4.69) is 54.7 Å². The van der Waals surface area contributed by atoms with Gasteiger partial charge >= 0.3 is 0 Å². The first kappa shape index (κ1) is 16.8. The summed E-state index contributed by atoms with van der Waals surface area (Å²) in [6, 6.07) is 19.6. The molecule has 0 bridgehead atoms. The van der Waals surface area contributed by atoms with Crippen LogP contribution in [0.4, 0.5) is 0 Å². The zero-order chi connectivity index (χ0) is 18.4. The van der Waals surface area contributed by atoms with E-state index in [1.54, 1.807) is 11.8 Å². The third kappa shape index (κ3) is 2.92. The van der Waals surface area contributed by atoms with E-state index in [1.165, 1.54) is 21.4 Å². The second-order valence-electron chi connectivity index (χ2n) is 7.84. The number of pyridine rings is 1. The van der Waals surface area contributed by atoms with E-state index in [0.717, 1.165) is 29.8 Å². The molecular weight excluding hydrogens is 352 g/mol. The Balaban J connectivity index is 1.45. The Morgan fingerprint density at radius 1 is 1.11 bits per heavy atom. The summed E-state index contributed by atoms with van der Waals surface area (Å²) in [5.74, 6) is 0.204. The highest BCUT2D eigenvalue weighted by Gasteiger charge is 2.43. The Bertz CT molecular complexity index is 1050. The lowest BCUT2D eigenvalue weighted by molar-refractivity contribution is -0.125. The number of piperidine rings is 1. The van der Waals surface area contributed by atoms with Gasteiger partial charge in [0.25, 0.3) is 0 Å². The minimum absolute atomic E-state index is 0.0614. The molecule has 1 amide bonds. The van der Waals surface area contributed by atoms with Gasteiger partial charge in [-0.2, -0.15) is 0 Å². The zero-order valence-electron chi connectivity index (χ0n) is 15.4. The molecule has 1 unspecified atom stereocenters. The third-order valence-corrected chi connectivity index (χ3v) is 7.09. The second-order valence-corrected chi connectivity index (χ2v) is 8.93. The Morgan fingerprint density at radius 2 is 2.00 bits per heavy atom. The number of carbonyl (C=O) groups excluding carboxylic acids is 1. The number of carbonyl (C=O) groups is 1. The van der Waals surface area contributed by atoms with Crippen LogP contribution in [-0.4, -0.2) is 16.9 Å². The number of aromatic nitrogens is 1. The molecule has 0 spiro atoms. The highest BCUT2D eigenvalue weighted by Crippen LogP contribution is 2.44. The number of benzene rings is 2. The van der Waals surface area contributed by atoms with E-state index < -0.39 is 0 Å². The van der Waals surface area contributed by atoms with Gasteiger partial charge in [-0.25, -0.2) is 4.98 Å². The monoisotopic (exact) mass is 374 g/mol. The molecule has 5 rings (SSSR count). The molecule has 0 saturated carbocycles. The Labute approximate surface area is 163 Å². The third-order valence-electron chi connectivity index (χ3n) is 6.17. The molecule has 1 aliphatic heterocycles. The maximum Gasteiger partial charge on any atom is 0.220 e. The van der Waals surface area contributed by atoms with Gasteiger partial charge in [-0.1, -0.05) is 49.0 Å². The van der Waals surface area contributed by atoms with Crippen LogP contribution in [0.5, 0.6) is 0 Å². The first-order chi connectivity index (χ1) is 13.1. The minimum Gasteiger partial charge on any atom is -0.352 e. The van der Waals surface area contributed by atoms with Gasteiger partial charge in [0.2, 0.25) is 5.91 Å². The Kier molecular flexibility index (Phi) is 3.97. The smallest absolute Gasteiger partial charge is 0.220 e. The summed E-state index contributed by atoms with van der Waals surface area (Å²) in [5, 5.41) is 5.42. The van der Waals surface area contributed by atoms with E-state index in [0.29, 0.717) is 6.42 Å². The Morgan fingerprint density at radius 3 is 2.93 bits per heavy atom. The molecule has 4 heteroatoms. The van der Waals surface area contributed by atoms with Crippen LogP contribution >= 0.6 is 11.8 Å². The highest BCUT2D eigenvalue weighted by atomic mass is 32.2. The average Bonchev–Trinajstić information content (AvgIpc) is 2.68. The number of rotatable bonds is 2. The van der Waals surface area contributed by atoms with E-state index in [1.807, 2.05) is 12.1 Å². The van der Waals surface area contributed by atoms with Crippen LogP contribution in [0, 0.1) is 0 Å². The maximum atomic E-state index is 11.8. The molecule has 2 aromatic carbocycles. The standard InChI is InChI=1S/C23H22N2OS/c1-23-13-12-21(26)25-20(23)10-6-16-14-17(8-9-18(16)23)27-22-11-7-15-4-2-3-5-19(15)24-22/h2-5,7-9,11,14,20H,6,10,12-13H2,1H3,(H,25,26)/t20?,23-/m1/s1. The van der Waals surface area contributed by atoms with Crippen molar-refractivity contribution >= 4 is 28.6 Å². The lowest BCUT2D eigenvalue weighted by atomic mass is 9.64. The van der Waals surface area contributed by atoms with Crippen molar-refractivity contribution in [2.24, 2.45) is 0 Å². The number of fused-ring (bicyclic) bond motifs is 4. The largest absolute Gasteiger partial charge is 0.352 e. The van der Waals surface area contributed by atoms with Gasteiger partial charge < -0.3 is 5.32 Å². The molecule has 27 heavy (non-hydrogen) atoms. The van der Waals surface area contributed by atoms with Crippen molar-refractivity contribution in [2.75, 3.05) is 0 Å². The predicted molar refractivity (Wildman–Crippen MR) is 109 cm³/mol.